The zero-order valence-corrected chi connectivity index (χ0v) is 19.7. The first-order valence-corrected chi connectivity index (χ1v) is 12.6. The number of hydrogen-bond acceptors (Lipinski definition) is 4. The smallest absolute Gasteiger partial charge is 0.243 e. The summed E-state index contributed by atoms with van der Waals surface area (Å²) in [6, 6.07) is -0.383. The van der Waals surface area contributed by atoms with Crippen molar-refractivity contribution in [3.63, 3.8) is 0 Å². The van der Waals surface area contributed by atoms with Crippen LogP contribution in [0.25, 0.3) is 0 Å². The number of likely N-dealkylation sites (tertiary alicyclic amines) is 1. The van der Waals surface area contributed by atoms with Gasteiger partial charge in [0.15, 0.2) is 0 Å². The molecule has 7 nitrogen and oxygen atoms in total. The number of hydrogen-bond donors (Lipinski definition) is 3. The lowest BCUT2D eigenvalue weighted by Gasteiger charge is -2.34. The minimum atomic E-state index is -0.561. The maximum absolute atomic E-state index is 13.7. The summed E-state index contributed by atoms with van der Waals surface area (Å²) < 4.78 is 0. The van der Waals surface area contributed by atoms with Gasteiger partial charge in [0, 0.05) is 32.2 Å². The second kappa shape index (κ2) is 11.8. The number of carbonyl (C=O) groups excluding carboxylic acids is 3. The maximum atomic E-state index is 13.7. The van der Waals surface area contributed by atoms with Gasteiger partial charge in [-0.3, -0.25) is 14.4 Å². The lowest BCUT2D eigenvalue weighted by atomic mass is 9.68. The summed E-state index contributed by atoms with van der Waals surface area (Å²) in [7, 11) is 1.62. The number of nitrogens with zero attached hydrogens (tertiary/aromatic N) is 1. The molecule has 0 aromatic carbocycles. The topological polar surface area (TPSA) is 98.7 Å². The molecule has 2 aliphatic carbocycles. The number of aliphatic hydroxyl groups excluding tert-OH is 1. The van der Waals surface area contributed by atoms with Crippen LogP contribution < -0.4 is 10.6 Å². The van der Waals surface area contributed by atoms with Crippen molar-refractivity contribution in [3.05, 3.63) is 12.2 Å². The quantitative estimate of drug-likeness (QED) is 0.354. The molecule has 1 saturated heterocycles. The Morgan fingerprint density at radius 3 is 2.50 bits per heavy atom. The number of amides is 3. The van der Waals surface area contributed by atoms with Crippen molar-refractivity contribution in [1.82, 2.24) is 15.5 Å². The van der Waals surface area contributed by atoms with Crippen LogP contribution in [0.3, 0.4) is 0 Å². The Bertz CT molecular complexity index is 689. The summed E-state index contributed by atoms with van der Waals surface area (Å²) in [4.78, 5) is 41.8. The summed E-state index contributed by atoms with van der Waals surface area (Å²) in [5.41, 5.74) is 0. The minimum absolute atomic E-state index is 0.0153. The van der Waals surface area contributed by atoms with Gasteiger partial charge in [-0.15, -0.1) is 0 Å². The second-order valence-electron chi connectivity index (χ2n) is 9.68. The molecule has 0 aromatic rings. The number of aliphatic hydroxyl groups is 1. The summed E-state index contributed by atoms with van der Waals surface area (Å²) in [6.07, 6.45) is 13.6. The highest BCUT2D eigenvalue weighted by Gasteiger charge is 2.56. The zero-order valence-electron chi connectivity index (χ0n) is 19.7. The lowest BCUT2D eigenvalue weighted by Crippen LogP contribution is -2.50. The highest BCUT2D eigenvalue weighted by molar-refractivity contribution is 5.96. The van der Waals surface area contributed by atoms with E-state index in [2.05, 4.69) is 23.6 Å². The maximum Gasteiger partial charge on any atom is 0.243 e. The molecule has 1 aliphatic heterocycles. The Balaban J connectivity index is 1.86. The summed E-state index contributed by atoms with van der Waals surface area (Å²) in [6.45, 7) is 2.71. The van der Waals surface area contributed by atoms with Crippen LogP contribution in [-0.4, -0.2) is 60.0 Å². The van der Waals surface area contributed by atoms with Crippen LogP contribution in [0.1, 0.15) is 71.1 Å². The van der Waals surface area contributed by atoms with Crippen molar-refractivity contribution in [1.29, 1.82) is 0 Å². The minimum Gasteiger partial charge on any atom is -0.396 e. The van der Waals surface area contributed by atoms with E-state index in [1.807, 2.05) is 6.08 Å². The summed E-state index contributed by atoms with van der Waals surface area (Å²) >= 11 is 0. The number of fused-ring (bicyclic) bond motifs is 1. The Morgan fingerprint density at radius 1 is 1.09 bits per heavy atom. The predicted molar refractivity (Wildman–Crippen MR) is 124 cm³/mol. The molecule has 32 heavy (non-hydrogen) atoms. The van der Waals surface area contributed by atoms with E-state index in [9.17, 15) is 14.4 Å². The molecule has 0 aromatic heterocycles. The molecule has 3 N–H and O–H groups in total. The first-order chi connectivity index (χ1) is 15.5. The van der Waals surface area contributed by atoms with Gasteiger partial charge in [-0.2, -0.15) is 0 Å². The third-order valence-corrected chi connectivity index (χ3v) is 7.56. The first kappa shape index (κ1) is 24.7. The molecule has 5 atom stereocenters. The molecule has 0 unspecified atom stereocenters. The largest absolute Gasteiger partial charge is 0.396 e. The molecular weight excluding hydrogens is 406 g/mol. The van der Waals surface area contributed by atoms with Crippen molar-refractivity contribution >= 4 is 17.7 Å². The van der Waals surface area contributed by atoms with Crippen molar-refractivity contribution in [3.8, 4) is 0 Å². The van der Waals surface area contributed by atoms with Gasteiger partial charge < -0.3 is 20.6 Å². The molecule has 0 radical (unpaired) electrons. The Hall–Kier alpha value is -1.89. The highest BCUT2D eigenvalue weighted by atomic mass is 16.3. The molecule has 3 rings (SSSR count). The lowest BCUT2D eigenvalue weighted by molar-refractivity contribution is -0.141. The molecule has 1 saturated carbocycles. The molecule has 1 heterocycles. The fraction of sp³-hybridized carbons (Fsp3) is 0.800. The van der Waals surface area contributed by atoms with Crippen LogP contribution in [0.15, 0.2) is 12.2 Å². The van der Waals surface area contributed by atoms with Crippen LogP contribution in [0.2, 0.25) is 0 Å². The van der Waals surface area contributed by atoms with Crippen molar-refractivity contribution < 1.29 is 19.5 Å². The molecule has 2 fully saturated rings. The van der Waals surface area contributed by atoms with Gasteiger partial charge in [0.25, 0.3) is 0 Å². The van der Waals surface area contributed by atoms with Crippen molar-refractivity contribution in [2.45, 2.75) is 83.2 Å². The van der Waals surface area contributed by atoms with Crippen LogP contribution >= 0.6 is 0 Å². The number of rotatable bonds is 10. The standard InChI is InChI=1S/C25H41N3O4/c1-3-10-17-13-14-19-21(20(17)23(30)26-2)25(32)28(15-8-5-9-16-29)22(19)24(31)27-18-11-6-4-7-12-18/h13-14,17-22,29H,3-12,15-16H2,1-2H3,(H,26,30)(H,27,31)/t17-,19+,20-,21+,22+/m1/s1. The number of allylic oxidation sites excluding steroid dienone is 1. The normalized spacial score (nSPS) is 30.3. The third kappa shape index (κ3) is 5.36. The first-order valence-electron chi connectivity index (χ1n) is 12.6. The van der Waals surface area contributed by atoms with Crippen LogP contribution in [0.5, 0.6) is 0 Å². The van der Waals surface area contributed by atoms with Crippen LogP contribution in [-0.2, 0) is 14.4 Å². The summed E-state index contributed by atoms with van der Waals surface area (Å²) in [5.74, 6) is -1.44. The van der Waals surface area contributed by atoms with E-state index in [-0.39, 0.29) is 42.2 Å². The fourth-order valence-electron chi connectivity index (χ4n) is 5.98. The average molecular weight is 448 g/mol. The molecule has 0 bridgehead atoms. The SMILES string of the molecule is CCC[C@@H]1C=C[C@H]2[C@H](C(=O)N(CCCCCO)[C@@H]2C(=O)NC2CCCCC2)[C@@H]1C(=O)NC. The Labute approximate surface area is 192 Å². The van der Waals surface area contributed by atoms with Gasteiger partial charge in [0.2, 0.25) is 17.7 Å². The van der Waals surface area contributed by atoms with Crippen LogP contribution in [0, 0.1) is 23.7 Å². The van der Waals surface area contributed by atoms with E-state index in [0.29, 0.717) is 13.0 Å². The molecule has 7 heteroatoms. The van der Waals surface area contributed by atoms with E-state index in [1.54, 1.807) is 11.9 Å². The van der Waals surface area contributed by atoms with Gasteiger partial charge >= 0.3 is 0 Å². The van der Waals surface area contributed by atoms with Crippen molar-refractivity contribution in [2.24, 2.45) is 23.7 Å². The fourth-order valence-corrected chi connectivity index (χ4v) is 5.98. The molecule has 3 amide bonds. The Morgan fingerprint density at radius 2 is 1.84 bits per heavy atom. The van der Waals surface area contributed by atoms with Crippen LogP contribution in [0.4, 0.5) is 0 Å². The van der Waals surface area contributed by atoms with E-state index in [1.165, 1.54) is 6.42 Å². The molecular formula is C25H41N3O4. The Kier molecular flexibility index (Phi) is 9.14. The van der Waals surface area contributed by atoms with E-state index < -0.39 is 17.9 Å². The molecule has 180 valence electrons. The second-order valence-corrected chi connectivity index (χ2v) is 9.68. The number of nitrogens with one attached hydrogen (secondary N) is 2. The zero-order chi connectivity index (χ0) is 23.1. The third-order valence-electron chi connectivity index (χ3n) is 7.56. The van der Waals surface area contributed by atoms with Gasteiger partial charge in [0.1, 0.15) is 6.04 Å². The summed E-state index contributed by atoms with van der Waals surface area (Å²) in [5, 5.41) is 15.1. The van der Waals surface area contributed by atoms with Gasteiger partial charge in [0.05, 0.1) is 11.8 Å². The highest BCUT2D eigenvalue weighted by Crippen LogP contribution is 2.45. The van der Waals surface area contributed by atoms with Gasteiger partial charge in [-0.1, -0.05) is 44.8 Å². The molecule has 0 spiro atoms. The number of unbranched alkanes of at least 4 members (excludes halogenated alkanes) is 2. The van der Waals surface area contributed by atoms with E-state index in [4.69, 9.17) is 5.11 Å². The predicted octanol–water partition coefficient (Wildman–Crippen LogP) is 2.39. The molecule has 3 aliphatic rings. The van der Waals surface area contributed by atoms with Gasteiger partial charge in [-0.05, 0) is 44.4 Å². The van der Waals surface area contributed by atoms with Gasteiger partial charge in [-0.25, -0.2) is 0 Å². The van der Waals surface area contributed by atoms with E-state index in [0.717, 1.165) is 51.4 Å². The average Bonchev–Trinajstić information content (AvgIpc) is 3.08. The van der Waals surface area contributed by atoms with Crippen molar-refractivity contribution in [2.75, 3.05) is 20.2 Å². The van der Waals surface area contributed by atoms with E-state index >= 15 is 0 Å². The number of carbonyl (C=O) groups is 3. The monoisotopic (exact) mass is 447 g/mol.